The second-order valence-electron chi connectivity index (χ2n) is 4.57. The number of ether oxygens (including phenoxy) is 1. The number of aromatic nitrogens is 2. The molecule has 0 aliphatic heterocycles. The Morgan fingerprint density at radius 2 is 2.11 bits per heavy atom. The van der Waals surface area contributed by atoms with E-state index in [-0.39, 0.29) is 0 Å². The Morgan fingerprint density at radius 1 is 1.32 bits per heavy atom. The lowest BCUT2D eigenvalue weighted by molar-refractivity contribution is 0.296. The zero-order chi connectivity index (χ0) is 13.7. The van der Waals surface area contributed by atoms with E-state index in [1.165, 1.54) is 0 Å². The van der Waals surface area contributed by atoms with E-state index in [9.17, 15) is 0 Å². The largest absolute Gasteiger partial charge is 0.487 e. The molecule has 0 saturated carbocycles. The van der Waals surface area contributed by atoms with E-state index in [1.807, 2.05) is 41.2 Å². The minimum Gasteiger partial charge on any atom is -0.487 e. The molecule has 0 radical (unpaired) electrons. The fraction of sp³-hybridized carbons (Fsp3) is 0.400. The van der Waals surface area contributed by atoms with Crippen LogP contribution in [0.25, 0.3) is 0 Å². The highest BCUT2D eigenvalue weighted by Crippen LogP contribution is 2.21. The third kappa shape index (κ3) is 3.51. The molecular weight excluding hydrogens is 260 g/mol. The standard InChI is InChI=1S/C15H19ClN2O/c1-3-12(2)18-9-8-14(17-18)11-19-15-7-5-4-6-13(15)10-16/h4-9,12H,3,10-11H2,1-2H3. The summed E-state index contributed by atoms with van der Waals surface area (Å²) in [6.07, 6.45) is 3.07. The topological polar surface area (TPSA) is 27.1 Å². The monoisotopic (exact) mass is 278 g/mol. The number of alkyl halides is 1. The van der Waals surface area contributed by atoms with Gasteiger partial charge in [-0.1, -0.05) is 25.1 Å². The summed E-state index contributed by atoms with van der Waals surface area (Å²) in [5.74, 6) is 1.29. The lowest BCUT2D eigenvalue weighted by Gasteiger charge is -2.09. The van der Waals surface area contributed by atoms with Gasteiger partial charge in [0, 0.05) is 17.8 Å². The SMILES string of the molecule is CCC(C)n1ccc(COc2ccccc2CCl)n1. The molecule has 0 bridgehead atoms. The maximum absolute atomic E-state index is 5.88. The first-order valence-corrected chi connectivity index (χ1v) is 7.08. The summed E-state index contributed by atoms with van der Waals surface area (Å²) in [6.45, 7) is 4.77. The van der Waals surface area contributed by atoms with Gasteiger partial charge in [0.05, 0.1) is 11.6 Å². The van der Waals surface area contributed by atoms with Crippen molar-refractivity contribution in [1.29, 1.82) is 0 Å². The van der Waals surface area contributed by atoms with Gasteiger partial charge in [0.25, 0.3) is 0 Å². The lowest BCUT2D eigenvalue weighted by Crippen LogP contribution is -2.06. The van der Waals surface area contributed by atoms with Gasteiger partial charge >= 0.3 is 0 Å². The molecule has 1 unspecified atom stereocenters. The molecule has 1 aromatic heterocycles. The number of hydrogen-bond acceptors (Lipinski definition) is 2. The summed E-state index contributed by atoms with van der Waals surface area (Å²) in [7, 11) is 0. The molecule has 19 heavy (non-hydrogen) atoms. The summed E-state index contributed by atoms with van der Waals surface area (Å²) in [5.41, 5.74) is 1.94. The predicted molar refractivity (Wildman–Crippen MR) is 77.6 cm³/mol. The van der Waals surface area contributed by atoms with Crippen molar-refractivity contribution >= 4 is 11.6 Å². The second kappa shape index (κ2) is 6.62. The van der Waals surface area contributed by atoms with Crippen LogP contribution in [0.3, 0.4) is 0 Å². The van der Waals surface area contributed by atoms with Crippen molar-refractivity contribution in [2.24, 2.45) is 0 Å². The minimum atomic E-state index is 0.420. The van der Waals surface area contributed by atoms with Crippen LogP contribution in [0.4, 0.5) is 0 Å². The van der Waals surface area contributed by atoms with Crippen LogP contribution in [-0.4, -0.2) is 9.78 Å². The van der Waals surface area contributed by atoms with Gasteiger partial charge < -0.3 is 4.74 Å². The number of benzene rings is 1. The number of nitrogens with zero attached hydrogens (tertiary/aromatic N) is 2. The highest BCUT2D eigenvalue weighted by molar-refractivity contribution is 6.17. The van der Waals surface area contributed by atoms with E-state index >= 15 is 0 Å². The zero-order valence-corrected chi connectivity index (χ0v) is 12.1. The number of rotatable bonds is 6. The van der Waals surface area contributed by atoms with E-state index in [0.29, 0.717) is 18.5 Å². The first-order valence-electron chi connectivity index (χ1n) is 6.55. The van der Waals surface area contributed by atoms with Crippen LogP contribution in [0.15, 0.2) is 36.5 Å². The third-order valence-corrected chi connectivity index (χ3v) is 3.49. The van der Waals surface area contributed by atoms with Crippen LogP contribution in [0.2, 0.25) is 0 Å². The quantitative estimate of drug-likeness (QED) is 0.742. The maximum Gasteiger partial charge on any atom is 0.132 e. The highest BCUT2D eigenvalue weighted by Gasteiger charge is 2.06. The van der Waals surface area contributed by atoms with Gasteiger partial charge in [0.15, 0.2) is 0 Å². The van der Waals surface area contributed by atoms with Gasteiger partial charge in [-0.3, -0.25) is 4.68 Å². The smallest absolute Gasteiger partial charge is 0.132 e. The fourth-order valence-electron chi connectivity index (χ4n) is 1.79. The molecule has 1 aromatic carbocycles. The van der Waals surface area contributed by atoms with Crippen LogP contribution >= 0.6 is 11.6 Å². The van der Waals surface area contributed by atoms with Crippen molar-refractivity contribution in [3.63, 3.8) is 0 Å². The van der Waals surface area contributed by atoms with Gasteiger partial charge in [-0.05, 0) is 25.5 Å². The molecule has 2 aromatic rings. The summed E-state index contributed by atoms with van der Waals surface area (Å²) < 4.78 is 7.76. The van der Waals surface area contributed by atoms with E-state index in [1.54, 1.807) is 0 Å². The Kier molecular flexibility index (Phi) is 4.86. The first-order chi connectivity index (χ1) is 9.24. The van der Waals surface area contributed by atoms with Crippen LogP contribution < -0.4 is 4.74 Å². The molecular formula is C15H19ClN2O. The molecule has 0 fully saturated rings. The van der Waals surface area contributed by atoms with Gasteiger partial charge in [0.2, 0.25) is 0 Å². The van der Waals surface area contributed by atoms with Crippen molar-refractivity contribution in [3.8, 4) is 5.75 Å². The summed E-state index contributed by atoms with van der Waals surface area (Å²) in [6, 6.07) is 10.2. The predicted octanol–water partition coefficient (Wildman–Crippen LogP) is 4.17. The summed E-state index contributed by atoms with van der Waals surface area (Å²) >= 11 is 5.88. The molecule has 0 amide bonds. The van der Waals surface area contributed by atoms with Crippen LogP contribution in [-0.2, 0) is 12.5 Å². The average Bonchev–Trinajstić information content (AvgIpc) is 2.93. The van der Waals surface area contributed by atoms with Crippen LogP contribution in [0, 0.1) is 0 Å². The van der Waals surface area contributed by atoms with Crippen molar-refractivity contribution in [2.75, 3.05) is 0 Å². The molecule has 1 atom stereocenters. The number of halogens is 1. The third-order valence-electron chi connectivity index (χ3n) is 3.20. The van der Waals surface area contributed by atoms with Gasteiger partial charge in [0.1, 0.15) is 12.4 Å². The Labute approximate surface area is 119 Å². The zero-order valence-electron chi connectivity index (χ0n) is 11.3. The number of para-hydroxylation sites is 1. The van der Waals surface area contributed by atoms with E-state index in [2.05, 4.69) is 18.9 Å². The van der Waals surface area contributed by atoms with E-state index in [4.69, 9.17) is 16.3 Å². The Hall–Kier alpha value is -1.48. The normalized spacial score (nSPS) is 12.4. The molecule has 0 aliphatic carbocycles. The Bertz CT molecular complexity index is 524. The van der Waals surface area contributed by atoms with E-state index < -0.39 is 0 Å². The molecule has 0 N–H and O–H groups in total. The van der Waals surface area contributed by atoms with Crippen LogP contribution in [0.5, 0.6) is 5.75 Å². The van der Waals surface area contributed by atoms with Crippen LogP contribution in [0.1, 0.15) is 37.6 Å². The van der Waals surface area contributed by atoms with Gasteiger partial charge in [-0.2, -0.15) is 5.10 Å². The fourth-order valence-corrected chi connectivity index (χ4v) is 2.01. The summed E-state index contributed by atoms with van der Waals surface area (Å²) in [4.78, 5) is 0. The molecule has 0 aliphatic rings. The number of hydrogen-bond donors (Lipinski definition) is 0. The molecule has 3 nitrogen and oxygen atoms in total. The Morgan fingerprint density at radius 3 is 2.84 bits per heavy atom. The average molecular weight is 279 g/mol. The van der Waals surface area contributed by atoms with E-state index in [0.717, 1.165) is 23.4 Å². The van der Waals surface area contributed by atoms with Crippen molar-refractivity contribution in [1.82, 2.24) is 9.78 Å². The van der Waals surface area contributed by atoms with Gasteiger partial charge in [-0.15, -0.1) is 11.6 Å². The summed E-state index contributed by atoms with van der Waals surface area (Å²) in [5, 5.41) is 4.51. The molecule has 4 heteroatoms. The van der Waals surface area contributed by atoms with Crippen molar-refractivity contribution < 1.29 is 4.74 Å². The minimum absolute atomic E-state index is 0.420. The molecule has 2 rings (SSSR count). The molecule has 0 spiro atoms. The van der Waals surface area contributed by atoms with Crippen molar-refractivity contribution in [3.05, 3.63) is 47.8 Å². The lowest BCUT2D eigenvalue weighted by atomic mass is 10.2. The van der Waals surface area contributed by atoms with Gasteiger partial charge in [-0.25, -0.2) is 0 Å². The molecule has 0 saturated heterocycles. The highest BCUT2D eigenvalue weighted by atomic mass is 35.5. The van der Waals surface area contributed by atoms with Crippen molar-refractivity contribution in [2.45, 2.75) is 38.8 Å². The molecule has 102 valence electrons. The first kappa shape index (κ1) is 13.9. The maximum atomic E-state index is 5.88. The molecule has 1 heterocycles. The second-order valence-corrected chi connectivity index (χ2v) is 4.84. The Balaban J connectivity index is 2.00.